The maximum Gasteiger partial charge on any atom is 0.164 e. The van der Waals surface area contributed by atoms with Gasteiger partial charge in [-0.1, -0.05) is 64.4 Å². The number of ether oxygens (including phenoxy) is 2. The summed E-state index contributed by atoms with van der Waals surface area (Å²) < 4.78 is 10.8. The fourth-order valence-corrected chi connectivity index (χ4v) is 5.23. The number of rotatable bonds is 10. The first kappa shape index (κ1) is 22.0. The van der Waals surface area contributed by atoms with Gasteiger partial charge in [0.2, 0.25) is 0 Å². The highest BCUT2D eigenvalue weighted by Crippen LogP contribution is 2.47. The first-order chi connectivity index (χ1) is 14.7. The maximum atomic E-state index is 10.8. The van der Waals surface area contributed by atoms with Gasteiger partial charge in [-0.05, 0) is 35.5 Å². The Hall–Kier alpha value is -2.71. The van der Waals surface area contributed by atoms with Gasteiger partial charge in [-0.15, -0.1) is 0 Å². The Morgan fingerprint density at radius 1 is 0.967 bits per heavy atom. The van der Waals surface area contributed by atoms with E-state index in [4.69, 9.17) is 9.47 Å². The number of hydrogen-bond acceptors (Lipinski definition) is 4. The van der Waals surface area contributed by atoms with Crippen molar-refractivity contribution in [3.63, 3.8) is 0 Å². The summed E-state index contributed by atoms with van der Waals surface area (Å²) in [4.78, 5) is 0. The van der Waals surface area contributed by atoms with E-state index in [1.54, 1.807) is 20.3 Å². The van der Waals surface area contributed by atoms with Crippen molar-refractivity contribution in [2.24, 2.45) is 0 Å². The molecule has 0 saturated carbocycles. The Balaban J connectivity index is 1.87. The second kappa shape index (κ2) is 10.9. The molecule has 3 rings (SSSR count). The third-order valence-electron chi connectivity index (χ3n) is 5.09. The summed E-state index contributed by atoms with van der Waals surface area (Å²) in [7, 11) is 3.73. The van der Waals surface area contributed by atoms with Crippen LogP contribution >= 0.6 is 8.58 Å². The van der Waals surface area contributed by atoms with E-state index in [-0.39, 0.29) is 11.4 Å². The summed E-state index contributed by atoms with van der Waals surface area (Å²) in [5, 5.41) is 15.6. The van der Waals surface area contributed by atoms with Gasteiger partial charge >= 0.3 is 0 Å². The van der Waals surface area contributed by atoms with Crippen LogP contribution in [0.15, 0.2) is 66.7 Å². The van der Waals surface area contributed by atoms with Crippen LogP contribution in [-0.2, 0) is 6.54 Å². The van der Waals surface area contributed by atoms with Gasteiger partial charge in [-0.2, -0.15) is 0 Å². The van der Waals surface area contributed by atoms with Gasteiger partial charge in [0, 0.05) is 29.5 Å². The second-order valence-electron chi connectivity index (χ2n) is 7.13. The molecule has 0 fully saturated rings. The summed E-state index contributed by atoms with van der Waals surface area (Å²) in [5.74, 6) is 1.36. The van der Waals surface area contributed by atoms with Crippen LogP contribution in [-0.4, -0.2) is 19.3 Å². The lowest BCUT2D eigenvalue weighted by molar-refractivity contribution is 0.360. The predicted octanol–water partition coefficient (Wildman–Crippen LogP) is 5.87. The van der Waals surface area contributed by atoms with E-state index in [0.717, 1.165) is 30.6 Å². The van der Waals surface area contributed by atoms with Gasteiger partial charge in [-0.3, -0.25) is 0 Å². The molecule has 2 unspecified atom stereocenters. The number of phenolic OH excluding ortho intramolecular Hbond substituents is 1. The minimum atomic E-state index is 0.192. The van der Waals surface area contributed by atoms with Crippen molar-refractivity contribution in [1.29, 1.82) is 0 Å². The van der Waals surface area contributed by atoms with Crippen molar-refractivity contribution in [3.05, 3.63) is 77.9 Å². The molecule has 0 bridgehead atoms. The molecule has 0 aliphatic heterocycles. The van der Waals surface area contributed by atoms with Crippen LogP contribution < -0.4 is 20.1 Å². The molecule has 0 radical (unpaired) electrons. The Kier molecular flexibility index (Phi) is 7.98. The molecule has 3 aromatic carbocycles. The summed E-state index contributed by atoms with van der Waals surface area (Å²) in [6.07, 6.45) is 2.00. The highest BCUT2D eigenvalue weighted by atomic mass is 31.1. The Morgan fingerprint density at radius 2 is 1.70 bits per heavy atom. The molecular weight excluding hydrogens is 393 g/mol. The zero-order chi connectivity index (χ0) is 21.3. The molecule has 0 saturated heterocycles. The van der Waals surface area contributed by atoms with E-state index < -0.39 is 0 Å². The first-order valence-electron chi connectivity index (χ1n) is 10.2. The van der Waals surface area contributed by atoms with E-state index >= 15 is 0 Å². The molecule has 4 nitrogen and oxygen atoms in total. The third kappa shape index (κ3) is 5.46. The molecule has 0 aromatic heterocycles. The van der Waals surface area contributed by atoms with Crippen LogP contribution in [0.3, 0.4) is 0 Å². The number of methoxy groups -OCH3 is 2. The van der Waals surface area contributed by atoms with Crippen LogP contribution in [0.2, 0.25) is 0 Å². The molecule has 0 aliphatic carbocycles. The lowest BCUT2D eigenvalue weighted by atomic mass is 10.1. The quantitative estimate of drug-likeness (QED) is 0.401. The van der Waals surface area contributed by atoms with Crippen LogP contribution in [0.5, 0.6) is 17.2 Å². The van der Waals surface area contributed by atoms with E-state index in [9.17, 15) is 5.11 Å². The molecule has 0 heterocycles. The van der Waals surface area contributed by atoms with Gasteiger partial charge in [0.1, 0.15) is 5.75 Å². The largest absolute Gasteiger partial charge is 0.504 e. The third-order valence-corrected chi connectivity index (χ3v) is 6.84. The fourth-order valence-electron chi connectivity index (χ4n) is 3.49. The van der Waals surface area contributed by atoms with Crippen molar-refractivity contribution in [1.82, 2.24) is 0 Å². The van der Waals surface area contributed by atoms with Crippen molar-refractivity contribution >= 4 is 19.6 Å². The summed E-state index contributed by atoms with van der Waals surface area (Å²) in [6.45, 7) is 2.94. The van der Waals surface area contributed by atoms with Crippen molar-refractivity contribution < 1.29 is 14.6 Å². The minimum absolute atomic E-state index is 0.192. The number of phenols is 1. The van der Waals surface area contributed by atoms with Gasteiger partial charge in [0.15, 0.2) is 11.5 Å². The number of hydrogen-bond donors (Lipinski definition) is 2. The normalized spacial score (nSPS) is 12.1. The second-order valence-corrected chi connectivity index (χ2v) is 8.65. The van der Waals surface area contributed by atoms with Crippen LogP contribution in [0.1, 0.15) is 36.6 Å². The van der Waals surface area contributed by atoms with Gasteiger partial charge in [0.05, 0.1) is 14.2 Å². The topological polar surface area (TPSA) is 50.7 Å². The average Bonchev–Trinajstić information content (AvgIpc) is 2.79. The van der Waals surface area contributed by atoms with Crippen molar-refractivity contribution in [3.8, 4) is 17.2 Å². The van der Waals surface area contributed by atoms with E-state index in [1.807, 2.05) is 24.3 Å². The Labute approximate surface area is 181 Å². The lowest BCUT2D eigenvalue weighted by Gasteiger charge is -2.22. The minimum Gasteiger partial charge on any atom is -0.504 e. The summed E-state index contributed by atoms with van der Waals surface area (Å²) in [6, 6.07) is 22.4. The molecule has 30 heavy (non-hydrogen) atoms. The van der Waals surface area contributed by atoms with Crippen LogP contribution in [0, 0.1) is 0 Å². The molecule has 5 heteroatoms. The van der Waals surface area contributed by atoms with Crippen molar-refractivity contribution in [2.45, 2.75) is 32.0 Å². The zero-order valence-electron chi connectivity index (χ0n) is 17.8. The van der Waals surface area contributed by atoms with Gasteiger partial charge in [-0.25, -0.2) is 0 Å². The molecule has 0 spiro atoms. The Bertz CT molecular complexity index is 946. The molecule has 158 valence electrons. The molecule has 2 N–H and O–H groups in total. The maximum absolute atomic E-state index is 10.8. The predicted molar refractivity (Wildman–Crippen MR) is 127 cm³/mol. The lowest BCUT2D eigenvalue weighted by Crippen LogP contribution is -2.11. The number of aromatic hydroxyl groups is 1. The van der Waals surface area contributed by atoms with E-state index in [1.165, 1.54) is 10.9 Å². The van der Waals surface area contributed by atoms with E-state index in [0.29, 0.717) is 20.1 Å². The molecule has 2 atom stereocenters. The molecule has 0 amide bonds. The Morgan fingerprint density at radius 3 is 2.40 bits per heavy atom. The first-order valence-corrected chi connectivity index (χ1v) is 11.3. The van der Waals surface area contributed by atoms with Gasteiger partial charge in [0.25, 0.3) is 0 Å². The van der Waals surface area contributed by atoms with Crippen molar-refractivity contribution in [2.75, 3.05) is 19.5 Å². The molecule has 3 aromatic rings. The summed E-state index contributed by atoms with van der Waals surface area (Å²) >= 11 is 0. The number of anilines is 1. The van der Waals surface area contributed by atoms with E-state index in [2.05, 4.69) is 48.6 Å². The van der Waals surface area contributed by atoms with Gasteiger partial charge < -0.3 is 19.9 Å². The standard InChI is InChI=1S/C25H30NO3P/c1-4-10-24(21-15-20(28-2)16-22(29-3)25(21)27)30-23-14-9-8-11-18(23)17-26-19-12-6-5-7-13-19/h5-9,11-16,24,26-27,30H,4,10,17H2,1-3H3. The number of nitrogens with one attached hydrogen (secondary N) is 1. The number of benzene rings is 3. The smallest absolute Gasteiger partial charge is 0.164 e. The monoisotopic (exact) mass is 423 g/mol. The molecular formula is C25H30NO3P. The fraction of sp³-hybridized carbons (Fsp3) is 0.280. The zero-order valence-corrected chi connectivity index (χ0v) is 18.8. The highest BCUT2D eigenvalue weighted by Gasteiger charge is 2.21. The van der Waals surface area contributed by atoms with Crippen LogP contribution in [0.25, 0.3) is 0 Å². The average molecular weight is 423 g/mol. The number of para-hydroxylation sites is 1. The highest BCUT2D eigenvalue weighted by molar-refractivity contribution is 7.47. The van der Waals surface area contributed by atoms with Crippen LogP contribution in [0.4, 0.5) is 5.69 Å². The summed E-state index contributed by atoms with van der Waals surface area (Å²) in [5.41, 5.74) is 3.46. The SMILES string of the molecule is CCCC(Pc1ccccc1CNc1ccccc1)c1cc(OC)cc(OC)c1O. The molecule has 0 aliphatic rings.